The van der Waals surface area contributed by atoms with Gasteiger partial charge in [-0.15, -0.1) is 0 Å². The van der Waals surface area contributed by atoms with Gasteiger partial charge in [-0.25, -0.2) is 0 Å². The number of anilines is 1. The molecule has 0 fully saturated rings. The van der Waals surface area contributed by atoms with Crippen LogP contribution >= 0.6 is 0 Å². The Morgan fingerprint density at radius 3 is 2.69 bits per heavy atom. The molecule has 0 saturated carbocycles. The van der Waals surface area contributed by atoms with E-state index < -0.39 is 0 Å². The highest BCUT2D eigenvalue weighted by molar-refractivity contribution is 5.45. The Kier molecular flexibility index (Phi) is 3.81. The van der Waals surface area contributed by atoms with Gasteiger partial charge in [0.05, 0.1) is 0 Å². The average molecular weight is 177 g/mol. The highest BCUT2D eigenvalue weighted by atomic mass is 14.9. The Balaban J connectivity index is 2.37. The van der Waals surface area contributed by atoms with Crippen molar-refractivity contribution in [2.75, 3.05) is 11.9 Å². The normalized spacial score (nSPS) is 10.5. The molecule has 1 heteroatoms. The summed E-state index contributed by atoms with van der Waals surface area (Å²) in [5.41, 5.74) is 2.55. The SMILES string of the molecule is Cc1cccc(NCCC(C)C)c1. The lowest BCUT2D eigenvalue weighted by Gasteiger charge is -2.08. The van der Waals surface area contributed by atoms with Gasteiger partial charge in [-0.05, 0) is 37.0 Å². The fourth-order valence-electron chi connectivity index (χ4n) is 1.26. The molecule has 0 bridgehead atoms. The second kappa shape index (κ2) is 4.90. The molecule has 0 radical (unpaired) electrons. The summed E-state index contributed by atoms with van der Waals surface area (Å²) >= 11 is 0. The van der Waals surface area contributed by atoms with Crippen LogP contribution in [0.3, 0.4) is 0 Å². The number of nitrogens with one attached hydrogen (secondary N) is 1. The average Bonchev–Trinajstić information content (AvgIpc) is 2.03. The molecule has 72 valence electrons. The fraction of sp³-hybridized carbons (Fsp3) is 0.500. The second-order valence-electron chi connectivity index (χ2n) is 3.98. The minimum Gasteiger partial charge on any atom is -0.385 e. The predicted molar refractivity (Wildman–Crippen MR) is 59.1 cm³/mol. The molecule has 0 aliphatic rings. The zero-order valence-electron chi connectivity index (χ0n) is 8.80. The van der Waals surface area contributed by atoms with Crippen molar-refractivity contribution in [3.05, 3.63) is 29.8 Å². The summed E-state index contributed by atoms with van der Waals surface area (Å²) in [5, 5.41) is 3.42. The summed E-state index contributed by atoms with van der Waals surface area (Å²) < 4.78 is 0. The van der Waals surface area contributed by atoms with Crippen molar-refractivity contribution in [1.29, 1.82) is 0 Å². The van der Waals surface area contributed by atoms with Crippen LogP contribution < -0.4 is 5.32 Å². The summed E-state index contributed by atoms with van der Waals surface area (Å²) in [6.07, 6.45) is 1.23. The molecule has 0 unspecified atom stereocenters. The Hall–Kier alpha value is -0.980. The molecule has 0 amide bonds. The minimum absolute atomic E-state index is 0.775. The van der Waals surface area contributed by atoms with E-state index in [0.717, 1.165) is 12.5 Å². The van der Waals surface area contributed by atoms with Gasteiger partial charge in [0.25, 0.3) is 0 Å². The maximum atomic E-state index is 3.42. The quantitative estimate of drug-likeness (QED) is 0.742. The monoisotopic (exact) mass is 177 g/mol. The van der Waals surface area contributed by atoms with E-state index in [-0.39, 0.29) is 0 Å². The molecule has 0 heterocycles. The van der Waals surface area contributed by atoms with Crippen molar-refractivity contribution in [3.63, 3.8) is 0 Å². The molecule has 1 aromatic carbocycles. The largest absolute Gasteiger partial charge is 0.385 e. The van der Waals surface area contributed by atoms with E-state index in [0.29, 0.717) is 0 Å². The number of hydrogen-bond acceptors (Lipinski definition) is 1. The Bertz CT molecular complexity index is 253. The Morgan fingerprint density at radius 1 is 1.31 bits per heavy atom. The highest BCUT2D eigenvalue weighted by Crippen LogP contribution is 2.10. The summed E-state index contributed by atoms with van der Waals surface area (Å²) in [4.78, 5) is 0. The second-order valence-corrected chi connectivity index (χ2v) is 3.98. The van der Waals surface area contributed by atoms with Gasteiger partial charge in [0.2, 0.25) is 0 Å². The third-order valence-corrected chi connectivity index (χ3v) is 2.07. The van der Waals surface area contributed by atoms with Crippen molar-refractivity contribution >= 4 is 5.69 Å². The van der Waals surface area contributed by atoms with Crippen LogP contribution in [-0.2, 0) is 0 Å². The zero-order chi connectivity index (χ0) is 9.68. The number of hydrogen-bond donors (Lipinski definition) is 1. The molecular weight excluding hydrogens is 158 g/mol. The Morgan fingerprint density at radius 2 is 2.08 bits per heavy atom. The highest BCUT2D eigenvalue weighted by Gasteiger charge is 1.94. The van der Waals surface area contributed by atoms with Gasteiger partial charge < -0.3 is 5.32 Å². The van der Waals surface area contributed by atoms with Crippen LogP contribution in [0.2, 0.25) is 0 Å². The molecule has 0 aromatic heterocycles. The van der Waals surface area contributed by atoms with Crippen molar-refractivity contribution < 1.29 is 0 Å². The van der Waals surface area contributed by atoms with Crippen molar-refractivity contribution in [3.8, 4) is 0 Å². The van der Waals surface area contributed by atoms with Crippen LogP contribution in [0.4, 0.5) is 5.69 Å². The van der Waals surface area contributed by atoms with Gasteiger partial charge in [-0.3, -0.25) is 0 Å². The first-order valence-corrected chi connectivity index (χ1v) is 4.99. The number of benzene rings is 1. The standard InChI is InChI=1S/C12H19N/c1-10(2)7-8-13-12-6-4-5-11(3)9-12/h4-6,9-10,13H,7-8H2,1-3H3. The summed E-state index contributed by atoms with van der Waals surface area (Å²) in [6, 6.07) is 8.51. The molecule has 0 saturated heterocycles. The maximum absolute atomic E-state index is 3.42. The maximum Gasteiger partial charge on any atom is 0.0342 e. The topological polar surface area (TPSA) is 12.0 Å². The lowest BCUT2D eigenvalue weighted by Crippen LogP contribution is -2.04. The van der Waals surface area contributed by atoms with Gasteiger partial charge in [-0.2, -0.15) is 0 Å². The van der Waals surface area contributed by atoms with E-state index in [1.807, 2.05) is 0 Å². The third kappa shape index (κ3) is 3.97. The van der Waals surface area contributed by atoms with Gasteiger partial charge in [-0.1, -0.05) is 26.0 Å². The molecule has 1 N–H and O–H groups in total. The molecule has 13 heavy (non-hydrogen) atoms. The van der Waals surface area contributed by atoms with E-state index in [9.17, 15) is 0 Å². The van der Waals surface area contributed by atoms with E-state index in [1.54, 1.807) is 0 Å². The van der Waals surface area contributed by atoms with Crippen LogP contribution in [0.1, 0.15) is 25.8 Å². The fourth-order valence-corrected chi connectivity index (χ4v) is 1.26. The molecule has 0 spiro atoms. The van der Waals surface area contributed by atoms with E-state index in [1.165, 1.54) is 17.7 Å². The molecule has 0 atom stereocenters. The Labute approximate surface area is 81.2 Å². The first-order valence-electron chi connectivity index (χ1n) is 4.99. The van der Waals surface area contributed by atoms with Gasteiger partial charge >= 0.3 is 0 Å². The third-order valence-electron chi connectivity index (χ3n) is 2.07. The molecule has 1 aromatic rings. The van der Waals surface area contributed by atoms with Gasteiger partial charge in [0.1, 0.15) is 0 Å². The molecule has 0 aliphatic heterocycles. The molecule has 0 aliphatic carbocycles. The zero-order valence-corrected chi connectivity index (χ0v) is 8.80. The smallest absolute Gasteiger partial charge is 0.0342 e. The van der Waals surface area contributed by atoms with Crippen molar-refractivity contribution in [2.24, 2.45) is 5.92 Å². The minimum atomic E-state index is 0.775. The molecular formula is C12H19N. The number of aryl methyl sites for hydroxylation is 1. The van der Waals surface area contributed by atoms with E-state index in [4.69, 9.17) is 0 Å². The van der Waals surface area contributed by atoms with Crippen LogP contribution in [0.15, 0.2) is 24.3 Å². The summed E-state index contributed by atoms with van der Waals surface area (Å²) in [7, 11) is 0. The first-order chi connectivity index (χ1) is 6.18. The van der Waals surface area contributed by atoms with Crippen LogP contribution in [0.5, 0.6) is 0 Å². The van der Waals surface area contributed by atoms with Crippen LogP contribution in [-0.4, -0.2) is 6.54 Å². The van der Waals surface area contributed by atoms with E-state index >= 15 is 0 Å². The van der Waals surface area contributed by atoms with Crippen molar-refractivity contribution in [1.82, 2.24) is 0 Å². The van der Waals surface area contributed by atoms with Gasteiger partial charge in [0, 0.05) is 12.2 Å². The predicted octanol–water partition coefficient (Wildman–Crippen LogP) is 3.45. The van der Waals surface area contributed by atoms with Crippen LogP contribution in [0.25, 0.3) is 0 Å². The summed E-state index contributed by atoms with van der Waals surface area (Å²) in [6.45, 7) is 7.69. The lowest BCUT2D eigenvalue weighted by molar-refractivity contribution is 0.607. The number of rotatable bonds is 4. The van der Waals surface area contributed by atoms with E-state index in [2.05, 4.69) is 50.4 Å². The van der Waals surface area contributed by atoms with Gasteiger partial charge in [0.15, 0.2) is 0 Å². The summed E-state index contributed by atoms with van der Waals surface area (Å²) in [5.74, 6) is 0.775. The first kappa shape index (κ1) is 10.1. The molecule has 1 rings (SSSR count). The van der Waals surface area contributed by atoms with Crippen LogP contribution in [0, 0.1) is 12.8 Å². The van der Waals surface area contributed by atoms with Crippen molar-refractivity contribution in [2.45, 2.75) is 27.2 Å². The molecule has 1 nitrogen and oxygen atoms in total. The lowest BCUT2D eigenvalue weighted by atomic mass is 10.1.